The van der Waals surface area contributed by atoms with Crippen molar-refractivity contribution in [3.8, 4) is 0 Å². The molecule has 0 aromatic rings. The van der Waals surface area contributed by atoms with Crippen molar-refractivity contribution in [3.63, 3.8) is 0 Å². The average Bonchev–Trinajstić information content (AvgIpc) is 2.18. The van der Waals surface area contributed by atoms with E-state index in [0.29, 0.717) is 6.42 Å². The Balaban J connectivity index is 3.10. The van der Waals surface area contributed by atoms with Crippen molar-refractivity contribution in [3.05, 3.63) is 0 Å². The summed E-state index contributed by atoms with van der Waals surface area (Å²) in [6, 6.07) is 0. The molecule has 0 saturated carbocycles. The highest BCUT2D eigenvalue weighted by Crippen LogP contribution is 1.99. The molecule has 0 atom stereocenters. The van der Waals surface area contributed by atoms with E-state index in [1.165, 1.54) is 32.1 Å². The Hall–Kier alpha value is -0.530. The summed E-state index contributed by atoms with van der Waals surface area (Å²) in [7, 11) is 0. The van der Waals surface area contributed by atoms with Gasteiger partial charge in [0, 0.05) is 13.0 Å². The first-order valence-electron chi connectivity index (χ1n) is 6.08. The second-order valence-electron chi connectivity index (χ2n) is 3.87. The fraction of sp³-hybridized carbons (Fsp3) is 0.917. The molecule has 0 saturated heterocycles. The third kappa shape index (κ3) is 9.56. The van der Waals surface area contributed by atoms with Gasteiger partial charge in [0.1, 0.15) is 0 Å². The Morgan fingerprint density at radius 3 is 2.21 bits per heavy atom. The molecule has 14 heavy (non-hydrogen) atoms. The highest BCUT2D eigenvalue weighted by molar-refractivity contribution is 5.75. The molecule has 0 bridgehead atoms. The molecule has 0 rings (SSSR count). The molecule has 0 aliphatic heterocycles. The lowest BCUT2D eigenvalue weighted by molar-refractivity contribution is -0.121. The molecule has 0 heterocycles. The Kier molecular flexibility index (Phi) is 10.2. The van der Waals surface area contributed by atoms with E-state index in [0.717, 1.165) is 19.4 Å². The molecule has 0 fully saturated rings. The van der Waals surface area contributed by atoms with Crippen LogP contribution in [0, 0.1) is 0 Å². The Labute approximate surface area is 88.5 Å². The van der Waals surface area contributed by atoms with Crippen molar-refractivity contribution in [2.75, 3.05) is 6.54 Å². The van der Waals surface area contributed by atoms with Gasteiger partial charge in [-0.25, -0.2) is 0 Å². The van der Waals surface area contributed by atoms with Gasteiger partial charge in [-0.2, -0.15) is 0 Å². The maximum atomic E-state index is 11.2. The predicted octanol–water partition coefficient (Wildman–Crippen LogP) is 3.26. The maximum Gasteiger partial charge on any atom is 0.219 e. The molecule has 0 aromatic heterocycles. The van der Waals surface area contributed by atoms with Crippen molar-refractivity contribution in [2.45, 2.75) is 65.2 Å². The van der Waals surface area contributed by atoms with Crippen molar-refractivity contribution in [2.24, 2.45) is 0 Å². The van der Waals surface area contributed by atoms with Crippen LogP contribution >= 0.6 is 0 Å². The number of hydrogen-bond donors (Lipinski definition) is 1. The molecule has 1 amide bonds. The van der Waals surface area contributed by atoms with E-state index in [-0.39, 0.29) is 5.91 Å². The third-order valence-corrected chi connectivity index (χ3v) is 2.36. The fourth-order valence-electron chi connectivity index (χ4n) is 1.40. The van der Waals surface area contributed by atoms with Crippen molar-refractivity contribution in [1.82, 2.24) is 5.32 Å². The number of amides is 1. The third-order valence-electron chi connectivity index (χ3n) is 2.36. The van der Waals surface area contributed by atoms with Crippen molar-refractivity contribution in [1.29, 1.82) is 0 Å². The minimum absolute atomic E-state index is 0.231. The summed E-state index contributed by atoms with van der Waals surface area (Å²) in [6.45, 7) is 5.22. The SMILES string of the molecule is CCCCCCNC(=O)CCCCC. The summed E-state index contributed by atoms with van der Waals surface area (Å²) in [5.74, 6) is 0.231. The van der Waals surface area contributed by atoms with Gasteiger partial charge in [-0.15, -0.1) is 0 Å². The summed E-state index contributed by atoms with van der Waals surface area (Å²) in [5, 5.41) is 2.96. The number of rotatable bonds is 9. The Morgan fingerprint density at radius 2 is 1.57 bits per heavy atom. The quantitative estimate of drug-likeness (QED) is 0.567. The molecule has 2 nitrogen and oxygen atoms in total. The molecule has 2 heteroatoms. The number of hydrogen-bond acceptors (Lipinski definition) is 1. The molecule has 84 valence electrons. The van der Waals surface area contributed by atoms with Gasteiger partial charge < -0.3 is 5.32 Å². The lowest BCUT2D eigenvalue weighted by atomic mass is 10.2. The molecule has 0 unspecified atom stereocenters. The molecule has 0 aliphatic carbocycles. The monoisotopic (exact) mass is 199 g/mol. The first-order chi connectivity index (χ1) is 6.81. The number of nitrogens with one attached hydrogen (secondary N) is 1. The summed E-state index contributed by atoms with van der Waals surface area (Å²) >= 11 is 0. The second-order valence-corrected chi connectivity index (χ2v) is 3.87. The largest absolute Gasteiger partial charge is 0.356 e. The molecule has 0 aliphatic rings. The van der Waals surface area contributed by atoms with Gasteiger partial charge in [0.15, 0.2) is 0 Å². The van der Waals surface area contributed by atoms with Crippen LogP contribution in [-0.4, -0.2) is 12.5 Å². The van der Waals surface area contributed by atoms with Gasteiger partial charge in [0.05, 0.1) is 0 Å². The zero-order chi connectivity index (χ0) is 10.6. The summed E-state index contributed by atoms with van der Waals surface area (Å²) in [6.07, 6.45) is 9.02. The first kappa shape index (κ1) is 13.5. The van der Waals surface area contributed by atoms with Crippen LogP contribution < -0.4 is 5.32 Å². The number of unbranched alkanes of at least 4 members (excludes halogenated alkanes) is 5. The zero-order valence-corrected chi connectivity index (χ0v) is 9.77. The minimum Gasteiger partial charge on any atom is -0.356 e. The zero-order valence-electron chi connectivity index (χ0n) is 9.77. The van der Waals surface area contributed by atoms with Gasteiger partial charge >= 0.3 is 0 Å². The summed E-state index contributed by atoms with van der Waals surface area (Å²) < 4.78 is 0. The summed E-state index contributed by atoms with van der Waals surface area (Å²) in [5.41, 5.74) is 0. The van der Waals surface area contributed by atoms with Gasteiger partial charge in [0.2, 0.25) is 5.91 Å². The molecular formula is C12H25NO. The van der Waals surface area contributed by atoms with E-state index < -0.39 is 0 Å². The molecular weight excluding hydrogens is 174 g/mol. The Bertz CT molecular complexity index is 134. The normalized spacial score (nSPS) is 10.1. The molecule has 1 N–H and O–H groups in total. The predicted molar refractivity (Wildman–Crippen MR) is 61.3 cm³/mol. The van der Waals surface area contributed by atoms with E-state index in [1.54, 1.807) is 0 Å². The van der Waals surface area contributed by atoms with Crippen molar-refractivity contribution >= 4 is 5.91 Å². The summed E-state index contributed by atoms with van der Waals surface area (Å²) in [4.78, 5) is 11.2. The number of carbonyl (C=O) groups is 1. The first-order valence-corrected chi connectivity index (χ1v) is 6.08. The highest BCUT2D eigenvalue weighted by atomic mass is 16.1. The van der Waals surface area contributed by atoms with Crippen LogP contribution in [-0.2, 0) is 4.79 Å². The van der Waals surface area contributed by atoms with Gasteiger partial charge in [-0.05, 0) is 12.8 Å². The van der Waals surface area contributed by atoms with E-state index in [9.17, 15) is 4.79 Å². The van der Waals surface area contributed by atoms with Crippen LogP contribution in [0.3, 0.4) is 0 Å². The van der Waals surface area contributed by atoms with E-state index in [1.807, 2.05) is 0 Å². The van der Waals surface area contributed by atoms with Crippen LogP contribution in [0.5, 0.6) is 0 Å². The van der Waals surface area contributed by atoms with E-state index in [4.69, 9.17) is 0 Å². The molecule has 0 radical (unpaired) electrons. The standard InChI is InChI=1S/C12H25NO/c1-3-5-7-9-11-13-12(14)10-8-6-4-2/h3-11H2,1-2H3,(H,13,14). The van der Waals surface area contributed by atoms with E-state index >= 15 is 0 Å². The topological polar surface area (TPSA) is 29.1 Å². The molecule has 0 aromatic carbocycles. The maximum absolute atomic E-state index is 11.2. The Morgan fingerprint density at radius 1 is 0.929 bits per heavy atom. The lowest BCUT2D eigenvalue weighted by Gasteiger charge is -2.04. The molecule has 0 spiro atoms. The van der Waals surface area contributed by atoms with Crippen LogP contribution in [0.1, 0.15) is 65.2 Å². The minimum atomic E-state index is 0.231. The van der Waals surface area contributed by atoms with Gasteiger partial charge in [0.25, 0.3) is 0 Å². The van der Waals surface area contributed by atoms with E-state index in [2.05, 4.69) is 19.2 Å². The second kappa shape index (κ2) is 10.6. The smallest absolute Gasteiger partial charge is 0.219 e. The van der Waals surface area contributed by atoms with Crippen LogP contribution in [0.2, 0.25) is 0 Å². The average molecular weight is 199 g/mol. The van der Waals surface area contributed by atoms with Crippen molar-refractivity contribution < 1.29 is 4.79 Å². The number of carbonyl (C=O) groups excluding carboxylic acids is 1. The van der Waals surface area contributed by atoms with Gasteiger partial charge in [-0.1, -0.05) is 46.0 Å². The lowest BCUT2D eigenvalue weighted by Crippen LogP contribution is -2.23. The highest BCUT2D eigenvalue weighted by Gasteiger charge is 1.98. The van der Waals surface area contributed by atoms with Crippen LogP contribution in [0.15, 0.2) is 0 Å². The van der Waals surface area contributed by atoms with Gasteiger partial charge in [-0.3, -0.25) is 4.79 Å². The fourth-order valence-corrected chi connectivity index (χ4v) is 1.40. The van der Waals surface area contributed by atoms with Crippen LogP contribution in [0.4, 0.5) is 0 Å². The van der Waals surface area contributed by atoms with Crippen LogP contribution in [0.25, 0.3) is 0 Å².